The number of thiazole rings is 1. The fraction of sp³-hybridized carbons (Fsp3) is 0. The van der Waals surface area contributed by atoms with E-state index < -0.39 is 0 Å². The zero-order valence-corrected chi connectivity index (χ0v) is 9.63. The predicted molar refractivity (Wildman–Crippen MR) is 67.9 cm³/mol. The number of rotatable bonds is 2. The van der Waals surface area contributed by atoms with Crippen LogP contribution in [0.25, 0.3) is 16.2 Å². The van der Waals surface area contributed by atoms with Gasteiger partial charge in [-0.2, -0.15) is 0 Å². The van der Waals surface area contributed by atoms with Gasteiger partial charge in [0.15, 0.2) is 4.96 Å². The van der Waals surface area contributed by atoms with Crippen molar-refractivity contribution in [1.82, 2.24) is 9.38 Å². The Morgan fingerprint density at radius 3 is 2.88 bits per heavy atom. The summed E-state index contributed by atoms with van der Waals surface area (Å²) in [6, 6.07) is 9.86. The Kier molecular flexibility index (Phi) is 2.38. The smallest absolute Gasteiger partial charge is 0.194 e. The monoisotopic (exact) mass is 243 g/mol. The Bertz CT molecular complexity index is 669. The molecule has 0 saturated carbocycles. The summed E-state index contributed by atoms with van der Waals surface area (Å²) >= 11 is 1.55. The highest BCUT2D eigenvalue weighted by molar-refractivity contribution is 7.15. The van der Waals surface area contributed by atoms with Crippen molar-refractivity contribution in [3.05, 3.63) is 47.6 Å². The molecule has 0 bridgehead atoms. The van der Waals surface area contributed by atoms with E-state index in [1.54, 1.807) is 11.3 Å². The molecule has 0 amide bonds. The van der Waals surface area contributed by atoms with Gasteiger partial charge in [0.2, 0.25) is 0 Å². The number of fused-ring (bicyclic) bond motifs is 1. The molecule has 2 aromatic heterocycles. The number of nitrogens with zero attached hydrogens (tertiary/aromatic N) is 3. The Balaban J connectivity index is 2.28. The fourth-order valence-electron chi connectivity index (χ4n) is 1.79. The first-order valence-electron chi connectivity index (χ1n) is 5.08. The van der Waals surface area contributed by atoms with E-state index in [1.807, 2.05) is 46.3 Å². The third kappa shape index (κ3) is 1.60. The minimum Gasteiger partial charge on any atom is -0.411 e. The van der Waals surface area contributed by atoms with Gasteiger partial charge in [0.25, 0.3) is 0 Å². The number of hydrogen-bond acceptors (Lipinski definition) is 4. The lowest BCUT2D eigenvalue weighted by Crippen LogP contribution is -1.90. The first kappa shape index (κ1) is 10.0. The number of imidazole rings is 1. The Labute approximate surface area is 101 Å². The van der Waals surface area contributed by atoms with Crippen molar-refractivity contribution in [2.24, 2.45) is 5.16 Å². The van der Waals surface area contributed by atoms with Crippen molar-refractivity contribution in [2.75, 3.05) is 0 Å². The summed E-state index contributed by atoms with van der Waals surface area (Å²) < 4.78 is 1.91. The molecule has 1 aromatic carbocycles. The topological polar surface area (TPSA) is 49.9 Å². The molecule has 0 atom stereocenters. The quantitative estimate of drug-likeness (QED) is 0.427. The van der Waals surface area contributed by atoms with E-state index in [0.29, 0.717) is 0 Å². The molecular weight excluding hydrogens is 234 g/mol. The summed E-state index contributed by atoms with van der Waals surface area (Å²) in [5.41, 5.74) is 2.63. The number of benzene rings is 1. The molecule has 84 valence electrons. The second kappa shape index (κ2) is 4.03. The van der Waals surface area contributed by atoms with Crippen LogP contribution in [0.5, 0.6) is 0 Å². The van der Waals surface area contributed by atoms with Crippen LogP contribution in [-0.4, -0.2) is 20.8 Å². The minimum absolute atomic E-state index is 0.787. The van der Waals surface area contributed by atoms with Crippen molar-refractivity contribution in [3.63, 3.8) is 0 Å². The first-order chi connectivity index (χ1) is 8.40. The van der Waals surface area contributed by atoms with Gasteiger partial charge in [-0.05, 0) is 0 Å². The molecule has 0 aliphatic rings. The highest BCUT2D eigenvalue weighted by Crippen LogP contribution is 2.25. The zero-order chi connectivity index (χ0) is 11.7. The molecule has 3 rings (SSSR count). The number of aromatic nitrogens is 2. The minimum atomic E-state index is 0.787. The average Bonchev–Trinajstić information content (AvgIpc) is 2.93. The Morgan fingerprint density at radius 2 is 2.12 bits per heavy atom. The summed E-state index contributed by atoms with van der Waals surface area (Å²) in [7, 11) is 0. The van der Waals surface area contributed by atoms with Gasteiger partial charge in [-0.25, -0.2) is 4.98 Å². The fourth-order valence-corrected chi connectivity index (χ4v) is 2.51. The summed E-state index contributed by atoms with van der Waals surface area (Å²) in [5, 5.41) is 13.8. The van der Waals surface area contributed by atoms with Crippen LogP contribution in [0.3, 0.4) is 0 Å². The molecule has 4 nitrogen and oxygen atoms in total. The van der Waals surface area contributed by atoms with Crippen molar-refractivity contribution in [1.29, 1.82) is 0 Å². The molecule has 17 heavy (non-hydrogen) atoms. The van der Waals surface area contributed by atoms with Gasteiger partial charge in [-0.15, -0.1) is 11.3 Å². The summed E-state index contributed by atoms with van der Waals surface area (Å²) in [5.74, 6) is 0. The molecule has 0 radical (unpaired) electrons. The summed E-state index contributed by atoms with van der Waals surface area (Å²) in [6.07, 6.45) is 3.32. The molecule has 0 unspecified atom stereocenters. The summed E-state index contributed by atoms with van der Waals surface area (Å²) in [4.78, 5) is 5.43. The second-order valence-electron chi connectivity index (χ2n) is 3.51. The van der Waals surface area contributed by atoms with Crippen LogP contribution >= 0.6 is 11.3 Å². The summed E-state index contributed by atoms with van der Waals surface area (Å²) in [6.45, 7) is 0. The maximum Gasteiger partial charge on any atom is 0.194 e. The van der Waals surface area contributed by atoms with Gasteiger partial charge in [0.1, 0.15) is 0 Å². The van der Waals surface area contributed by atoms with E-state index in [2.05, 4.69) is 10.1 Å². The normalized spacial score (nSPS) is 11.5. The number of hydrogen-bond donors (Lipinski definition) is 1. The van der Waals surface area contributed by atoms with E-state index in [9.17, 15) is 0 Å². The van der Waals surface area contributed by atoms with Gasteiger partial charge in [-0.3, -0.25) is 4.40 Å². The van der Waals surface area contributed by atoms with Gasteiger partial charge in [-0.1, -0.05) is 35.5 Å². The highest BCUT2D eigenvalue weighted by Gasteiger charge is 2.12. The van der Waals surface area contributed by atoms with Gasteiger partial charge >= 0.3 is 0 Å². The number of oxime groups is 1. The second-order valence-corrected chi connectivity index (χ2v) is 4.38. The van der Waals surface area contributed by atoms with Crippen molar-refractivity contribution >= 4 is 22.5 Å². The van der Waals surface area contributed by atoms with E-state index in [-0.39, 0.29) is 0 Å². The van der Waals surface area contributed by atoms with Gasteiger partial charge < -0.3 is 5.21 Å². The standard InChI is InChI=1S/C12H9N3OS/c16-13-8-10-11(9-4-2-1-3-5-9)14-12-15(10)6-7-17-12/h1-8,16H. The first-order valence-corrected chi connectivity index (χ1v) is 5.96. The van der Waals surface area contributed by atoms with Crippen LogP contribution in [0.4, 0.5) is 0 Å². The van der Waals surface area contributed by atoms with Gasteiger partial charge in [0, 0.05) is 17.1 Å². The van der Waals surface area contributed by atoms with Crippen LogP contribution < -0.4 is 0 Å². The maximum absolute atomic E-state index is 8.74. The van der Waals surface area contributed by atoms with Crippen LogP contribution in [0.1, 0.15) is 5.69 Å². The molecule has 0 aliphatic carbocycles. The molecule has 1 N–H and O–H groups in total. The third-order valence-corrected chi connectivity index (χ3v) is 3.28. The van der Waals surface area contributed by atoms with Gasteiger partial charge in [0.05, 0.1) is 17.6 Å². The van der Waals surface area contributed by atoms with E-state index in [4.69, 9.17) is 5.21 Å². The maximum atomic E-state index is 8.74. The van der Waals surface area contributed by atoms with Crippen LogP contribution in [0.15, 0.2) is 47.1 Å². The molecule has 0 fully saturated rings. The largest absolute Gasteiger partial charge is 0.411 e. The van der Waals surface area contributed by atoms with E-state index >= 15 is 0 Å². The zero-order valence-electron chi connectivity index (χ0n) is 8.82. The molecule has 0 spiro atoms. The highest BCUT2D eigenvalue weighted by atomic mass is 32.1. The van der Waals surface area contributed by atoms with Crippen molar-refractivity contribution in [2.45, 2.75) is 0 Å². The molecule has 3 aromatic rings. The lowest BCUT2D eigenvalue weighted by atomic mass is 10.1. The molecule has 5 heteroatoms. The van der Waals surface area contributed by atoms with Crippen LogP contribution in [0, 0.1) is 0 Å². The molecular formula is C12H9N3OS. The Morgan fingerprint density at radius 1 is 1.29 bits per heavy atom. The predicted octanol–water partition coefficient (Wildman–Crippen LogP) is 2.87. The SMILES string of the molecule is ON=Cc1c(-c2ccccc2)nc2sccn12. The Hall–Kier alpha value is -2.14. The van der Waals surface area contributed by atoms with Crippen LogP contribution in [-0.2, 0) is 0 Å². The van der Waals surface area contributed by atoms with Crippen molar-refractivity contribution < 1.29 is 5.21 Å². The molecule has 0 saturated heterocycles. The lowest BCUT2D eigenvalue weighted by molar-refractivity contribution is 0.321. The lowest BCUT2D eigenvalue weighted by Gasteiger charge is -1.97. The average molecular weight is 243 g/mol. The third-order valence-electron chi connectivity index (χ3n) is 2.53. The molecule has 0 aliphatic heterocycles. The van der Waals surface area contributed by atoms with Crippen molar-refractivity contribution in [3.8, 4) is 11.3 Å². The van der Waals surface area contributed by atoms with E-state index in [1.165, 1.54) is 6.21 Å². The van der Waals surface area contributed by atoms with Crippen LogP contribution in [0.2, 0.25) is 0 Å². The van der Waals surface area contributed by atoms with E-state index in [0.717, 1.165) is 21.9 Å². The molecule has 2 heterocycles.